The highest BCUT2D eigenvalue weighted by atomic mass is 35.5. The van der Waals surface area contributed by atoms with Crippen molar-refractivity contribution in [2.75, 3.05) is 13.1 Å². The number of hydrogen-bond acceptors (Lipinski definition) is 2. The average molecular weight is 265 g/mol. The van der Waals surface area contributed by atoms with E-state index in [9.17, 15) is 13.2 Å². The van der Waals surface area contributed by atoms with Gasteiger partial charge in [-0.05, 0) is 37.9 Å². The zero-order valence-electron chi connectivity index (χ0n) is 9.02. The summed E-state index contributed by atoms with van der Waals surface area (Å²) in [5, 5.41) is 3.10. The summed E-state index contributed by atoms with van der Waals surface area (Å²) in [5.74, 6) is -0.158. The molecule has 17 heavy (non-hydrogen) atoms. The maximum atomic E-state index is 12.9. The monoisotopic (exact) mass is 264 g/mol. The minimum absolute atomic E-state index is 0.0216. The van der Waals surface area contributed by atoms with Crippen molar-refractivity contribution >= 4 is 11.6 Å². The van der Waals surface area contributed by atoms with E-state index in [1.165, 1.54) is 0 Å². The third kappa shape index (κ3) is 2.72. The summed E-state index contributed by atoms with van der Waals surface area (Å²) in [6.07, 6.45) is -1.94. The molecule has 0 saturated carbocycles. The molecule has 0 radical (unpaired) electrons. The van der Waals surface area contributed by atoms with E-state index in [1.54, 1.807) is 0 Å². The molecule has 0 aromatic carbocycles. The Balaban J connectivity index is 2.43. The van der Waals surface area contributed by atoms with Gasteiger partial charge in [0, 0.05) is 11.8 Å². The van der Waals surface area contributed by atoms with Crippen LogP contribution in [0.25, 0.3) is 0 Å². The van der Waals surface area contributed by atoms with E-state index >= 15 is 0 Å². The molecule has 0 unspecified atom stereocenters. The van der Waals surface area contributed by atoms with Gasteiger partial charge in [-0.25, -0.2) is 4.98 Å². The quantitative estimate of drug-likeness (QED) is 0.788. The number of piperidine rings is 1. The number of nitrogens with one attached hydrogen (secondary N) is 1. The third-order valence-electron chi connectivity index (χ3n) is 2.99. The predicted molar refractivity (Wildman–Crippen MR) is 59.1 cm³/mol. The highest BCUT2D eigenvalue weighted by Gasteiger charge is 2.36. The molecule has 0 bridgehead atoms. The molecule has 0 spiro atoms. The number of alkyl halides is 3. The normalized spacial score (nSPS) is 18.4. The Morgan fingerprint density at radius 2 is 1.94 bits per heavy atom. The van der Waals surface area contributed by atoms with Crippen molar-refractivity contribution in [1.82, 2.24) is 10.3 Å². The molecule has 1 saturated heterocycles. The molecule has 94 valence electrons. The van der Waals surface area contributed by atoms with Crippen LogP contribution in [0.1, 0.15) is 29.9 Å². The maximum absolute atomic E-state index is 12.9. The van der Waals surface area contributed by atoms with Crippen LogP contribution in [-0.2, 0) is 6.18 Å². The lowest BCUT2D eigenvalue weighted by atomic mass is 9.88. The second-order valence-electron chi connectivity index (χ2n) is 4.09. The minimum atomic E-state index is -4.37. The first-order valence-electron chi connectivity index (χ1n) is 5.42. The van der Waals surface area contributed by atoms with E-state index < -0.39 is 11.7 Å². The molecule has 0 atom stereocenters. The van der Waals surface area contributed by atoms with Gasteiger partial charge in [0.15, 0.2) is 0 Å². The van der Waals surface area contributed by atoms with Gasteiger partial charge in [-0.15, -0.1) is 0 Å². The molecule has 0 amide bonds. The van der Waals surface area contributed by atoms with Gasteiger partial charge in [-0.1, -0.05) is 11.6 Å². The van der Waals surface area contributed by atoms with Crippen LogP contribution in [0.3, 0.4) is 0 Å². The Kier molecular flexibility index (Phi) is 3.58. The first-order chi connectivity index (χ1) is 8.00. The molecule has 6 heteroatoms. The Labute approximate surface area is 102 Å². The van der Waals surface area contributed by atoms with Crippen LogP contribution in [0, 0.1) is 0 Å². The molecule has 1 aliphatic rings. The summed E-state index contributed by atoms with van der Waals surface area (Å²) in [7, 11) is 0. The predicted octanol–water partition coefficient (Wildman–Crippen LogP) is 3.22. The molecule has 1 aliphatic heterocycles. The van der Waals surface area contributed by atoms with Crippen molar-refractivity contribution in [1.29, 1.82) is 0 Å². The number of aromatic nitrogens is 1. The van der Waals surface area contributed by atoms with Crippen LogP contribution in [0.15, 0.2) is 12.3 Å². The Bertz CT molecular complexity index is 400. The van der Waals surface area contributed by atoms with Crippen LogP contribution < -0.4 is 5.32 Å². The zero-order valence-corrected chi connectivity index (χ0v) is 9.78. The second kappa shape index (κ2) is 4.82. The number of halogens is 4. The summed E-state index contributed by atoms with van der Waals surface area (Å²) in [6.45, 7) is 1.43. The van der Waals surface area contributed by atoms with Gasteiger partial charge in [-0.2, -0.15) is 13.2 Å². The summed E-state index contributed by atoms with van der Waals surface area (Å²) >= 11 is 5.84. The van der Waals surface area contributed by atoms with Crippen molar-refractivity contribution in [3.8, 4) is 0 Å². The molecular weight excluding hydrogens is 253 g/mol. The van der Waals surface area contributed by atoms with Crippen molar-refractivity contribution < 1.29 is 13.2 Å². The molecule has 2 heterocycles. The van der Waals surface area contributed by atoms with E-state index in [2.05, 4.69) is 10.3 Å². The van der Waals surface area contributed by atoms with E-state index in [-0.39, 0.29) is 16.6 Å². The fourth-order valence-electron chi connectivity index (χ4n) is 2.19. The minimum Gasteiger partial charge on any atom is -0.317 e. The van der Waals surface area contributed by atoms with Crippen molar-refractivity contribution in [2.24, 2.45) is 0 Å². The van der Waals surface area contributed by atoms with Crippen LogP contribution in [0.4, 0.5) is 13.2 Å². The summed E-state index contributed by atoms with van der Waals surface area (Å²) in [5.41, 5.74) is -0.493. The lowest BCUT2D eigenvalue weighted by molar-refractivity contribution is -0.138. The lowest BCUT2D eigenvalue weighted by Gasteiger charge is -2.26. The fourth-order valence-corrected chi connectivity index (χ4v) is 2.51. The first kappa shape index (κ1) is 12.6. The van der Waals surface area contributed by atoms with E-state index in [0.29, 0.717) is 25.9 Å². The van der Waals surface area contributed by atoms with Crippen molar-refractivity contribution in [3.05, 3.63) is 28.5 Å². The topological polar surface area (TPSA) is 24.9 Å². The smallest absolute Gasteiger partial charge is 0.317 e. The van der Waals surface area contributed by atoms with Crippen LogP contribution >= 0.6 is 11.6 Å². The fraction of sp³-hybridized carbons (Fsp3) is 0.545. The van der Waals surface area contributed by atoms with E-state index in [4.69, 9.17) is 11.6 Å². The van der Waals surface area contributed by atoms with Gasteiger partial charge in [0.2, 0.25) is 0 Å². The van der Waals surface area contributed by atoms with Crippen molar-refractivity contribution in [3.63, 3.8) is 0 Å². The number of rotatable bonds is 1. The molecule has 2 rings (SSSR count). The molecule has 1 fully saturated rings. The standard InChI is InChI=1S/C11H12ClF3N2/c12-10-9(7-1-4-16-5-2-7)8(3-6-17-10)11(13,14)15/h3,6-7,16H,1-2,4-5H2. The Hall–Kier alpha value is -0.810. The second-order valence-corrected chi connectivity index (χ2v) is 4.44. The summed E-state index contributed by atoms with van der Waals surface area (Å²) in [6, 6.07) is 1.00. The average Bonchev–Trinajstić information content (AvgIpc) is 2.28. The molecular formula is C11H12ClF3N2. The number of nitrogens with zero attached hydrogens (tertiary/aromatic N) is 1. The third-order valence-corrected chi connectivity index (χ3v) is 3.30. The highest BCUT2D eigenvalue weighted by Crippen LogP contribution is 2.40. The molecule has 1 aromatic heterocycles. The van der Waals surface area contributed by atoms with Gasteiger partial charge in [0.25, 0.3) is 0 Å². The van der Waals surface area contributed by atoms with Gasteiger partial charge in [0.1, 0.15) is 5.15 Å². The molecule has 2 nitrogen and oxygen atoms in total. The summed E-state index contributed by atoms with van der Waals surface area (Å²) < 4.78 is 38.6. The van der Waals surface area contributed by atoms with Gasteiger partial charge in [-0.3, -0.25) is 0 Å². The molecule has 1 aromatic rings. The van der Waals surface area contributed by atoms with Crippen LogP contribution in [-0.4, -0.2) is 18.1 Å². The van der Waals surface area contributed by atoms with Crippen molar-refractivity contribution in [2.45, 2.75) is 24.9 Å². The Morgan fingerprint density at radius 3 is 2.53 bits per heavy atom. The van der Waals surface area contributed by atoms with E-state index in [0.717, 1.165) is 12.3 Å². The molecule has 1 N–H and O–H groups in total. The number of pyridine rings is 1. The lowest BCUT2D eigenvalue weighted by Crippen LogP contribution is -2.28. The summed E-state index contributed by atoms with van der Waals surface area (Å²) in [4.78, 5) is 3.77. The maximum Gasteiger partial charge on any atom is 0.416 e. The SMILES string of the molecule is FC(F)(F)c1ccnc(Cl)c1C1CCNCC1. The largest absolute Gasteiger partial charge is 0.416 e. The zero-order chi connectivity index (χ0) is 12.5. The van der Waals surface area contributed by atoms with E-state index in [1.807, 2.05) is 0 Å². The van der Waals surface area contributed by atoms with Gasteiger partial charge in [0.05, 0.1) is 5.56 Å². The van der Waals surface area contributed by atoms with Crippen LogP contribution in [0.5, 0.6) is 0 Å². The highest BCUT2D eigenvalue weighted by molar-refractivity contribution is 6.30. The van der Waals surface area contributed by atoms with Gasteiger partial charge >= 0.3 is 6.18 Å². The number of hydrogen-bond donors (Lipinski definition) is 1. The van der Waals surface area contributed by atoms with Gasteiger partial charge < -0.3 is 5.32 Å². The van der Waals surface area contributed by atoms with Crippen LogP contribution in [0.2, 0.25) is 5.15 Å². The Morgan fingerprint density at radius 1 is 1.29 bits per heavy atom. The first-order valence-corrected chi connectivity index (χ1v) is 5.80. The molecule has 0 aliphatic carbocycles.